The molecule has 0 aromatic carbocycles. The third-order valence-corrected chi connectivity index (χ3v) is 1.20. The summed E-state index contributed by atoms with van der Waals surface area (Å²) in [6, 6.07) is 0. The minimum atomic E-state index is -4.97. The highest BCUT2D eigenvalue weighted by Gasteiger charge is 2.23. The van der Waals surface area contributed by atoms with E-state index in [1.54, 1.807) is 0 Å². The van der Waals surface area contributed by atoms with Gasteiger partial charge in [-0.15, -0.1) is 0 Å². The van der Waals surface area contributed by atoms with Crippen molar-refractivity contribution < 1.29 is 12.9 Å². The highest BCUT2D eigenvalue weighted by atomic mass is 19.4. The van der Waals surface area contributed by atoms with Crippen molar-refractivity contribution in [1.82, 2.24) is 9.55 Å². The topological polar surface area (TPSA) is 34.9 Å². The third kappa shape index (κ3) is 2.41. The SMILES string of the molecule is O=c1cnccn1C[B-](F)(F)F. The van der Waals surface area contributed by atoms with Crippen molar-refractivity contribution in [2.24, 2.45) is 0 Å². The molecule has 0 aliphatic heterocycles. The van der Waals surface area contributed by atoms with Crippen molar-refractivity contribution in [2.75, 3.05) is 0 Å². The molecule has 0 fully saturated rings. The van der Waals surface area contributed by atoms with Gasteiger partial charge in [-0.05, 0) is 6.44 Å². The molecule has 0 unspecified atom stereocenters. The van der Waals surface area contributed by atoms with Crippen LogP contribution in [0.2, 0.25) is 0 Å². The van der Waals surface area contributed by atoms with E-state index in [1.165, 1.54) is 0 Å². The highest BCUT2D eigenvalue weighted by Crippen LogP contribution is 2.09. The molecule has 0 N–H and O–H groups in total. The fourth-order valence-corrected chi connectivity index (χ4v) is 0.747. The van der Waals surface area contributed by atoms with Crippen LogP contribution in [0.25, 0.3) is 0 Å². The minimum Gasteiger partial charge on any atom is -0.448 e. The summed E-state index contributed by atoms with van der Waals surface area (Å²) >= 11 is 0. The van der Waals surface area contributed by atoms with E-state index in [-0.39, 0.29) is 0 Å². The summed E-state index contributed by atoms with van der Waals surface area (Å²) in [6.45, 7) is -4.97. The van der Waals surface area contributed by atoms with E-state index in [4.69, 9.17) is 0 Å². The molecule has 7 heteroatoms. The maximum absolute atomic E-state index is 11.8. The fourth-order valence-electron chi connectivity index (χ4n) is 0.747. The normalized spacial score (nSPS) is 11.6. The van der Waals surface area contributed by atoms with Crippen LogP contribution >= 0.6 is 0 Å². The number of hydrogen-bond acceptors (Lipinski definition) is 2. The van der Waals surface area contributed by atoms with E-state index < -0.39 is 19.0 Å². The lowest BCUT2D eigenvalue weighted by atomic mass is 9.92. The van der Waals surface area contributed by atoms with E-state index in [0.29, 0.717) is 4.57 Å². The lowest BCUT2D eigenvalue weighted by Crippen LogP contribution is -2.31. The Labute approximate surface area is 65.9 Å². The summed E-state index contributed by atoms with van der Waals surface area (Å²) in [5.74, 6) is 0. The molecule has 0 saturated carbocycles. The van der Waals surface area contributed by atoms with Crippen molar-refractivity contribution in [3.05, 3.63) is 28.9 Å². The van der Waals surface area contributed by atoms with Crippen LogP contribution in [0.5, 0.6) is 0 Å². The molecule has 1 heterocycles. The van der Waals surface area contributed by atoms with Crippen LogP contribution in [-0.2, 0) is 6.44 Å². The highest BCUT2D eigenvalue weighted by molar-refractivity contribution is 6.57. The maximum atomic E-state index is 11.8. The molecule has 1 aromatic rings. The van der Waals surface area contributed by atoms with Gasteiger partial charge in [-0.2, -0.15) is 0 Å². The Kier molecular flexibility index (Phi) is 2.21. The summed E-state index contributed by atoms with van der Waals surface area (Å²) in [5.41, 5.74) is -0.739. The van der Waals surface area contributed by atoms with Gasteiger partial charge < -0.3 is 17.5 Å². The molecule has 12 heavy (non-hydrogen) atoms. The van der Waals surface area contributed by atoms with Crippen LogP contribution in [0.15, 0.2) is 23.4 Å². The summed E-state index contributed by atoms with van der Waals surface area (Å²) in [6.07, 6.45) is 1.80. The van der Waals surface area contributed by atoms with Gasteiger partial charge in [-0.1, -0.05) is 0 Å². The van der Waals surface area contributed by atoms with Crippen LogP contribution in [0, 0.1) is 0 Å². The molecule has 0 radical (unpaired) electrons. The number of halogens is 3. The van der Waals surface area contributed by atoms with Crippen molar-refractivity contribution in [3.63, 3.8) is 0 Å². The number of aromatic nitrogens is 2. The zero-order chi connectivity index (χ0) is 9.19. The first-order chi connectivity index (χ1) is 5.49. The molecule has 1 aromatic heterocycles. The predicted molar refractivity (Wildman–Crippen MR) is 37.6 cm³/mol. The van der Waals surface area contributed by atoms with Crippen molar-refractivity contribution in [2.45, 2.75) is 6.44 Å². The summed E-state index contributed by atoms with van der Waals surface area (Å²) in [7, 11) is 0. The smallest absolute Gasteiger partial charge is 0.448 e. The molecule has 0 amide bonds. The van der Waals surface area contributed by atoms with Gasteiger partial charge in [0.05, 0.1) is 6.20 Å². The Hall–Kier alpha value is -1.27. The van der Waals surface area contributed by atoms with E-state index in [1.807, 2.05) is 0 Å². The van der Waals surface area contributed by atoms with E-state index >= 15 is 0 Å². The standard InChI is InChI=1S/C5H5BF3N2O/c7-6(8,9)4-11-2-1-10-3-5(11)12/h1-3H,4H2/q-1. The Morgan fingerprint density at radius 3 is 2.67 bits per heavy atom. The average Bonchev–Trinajstić information content (AvgIpc) is 1.91. The molecule has 0 spiro atoms. The monoisotopic (exact) mass is 177 g/mol. The van der Waals surface area contributed by atoms with E-state index in [9.17, 15) is 17.7 Å². The van der Waals surface area contributed by atoms with Gasteiger partial charge in [-0.25, -0.2) is 0 Å². The van der Waals surface area contributed by atoms with Crippen molar-refractivity contribution >= 4 is 6.98 Å². The van der Waals surface area contributed by atoms with Crippen LogP contribution < -0.4 is 5.56 Å². The van der Waals surface area contributed by atoms with Crippen molar-refractivity contribution in [1.29, 1.82) is 0 Å². The minimum absolute atomic E-state index is 0.576. The Balaban J connectivity index is 2.91. The maximum Gasteiger partial charge on any atom is 0.497 e. The molecule has 0 aliphatic carbocycles. The molecule has 0 atom stereocenters. The Bertz CT molecular complexity index is 321. The number of rotatable bonds is 2. The van der Waals surface area contributed by atoms with Gasteiger partial charge in [0.1, 0.15) is 0 Å². The summed E-state index contributed by atoms with van der Waals surface area (Å²) in [4.78, 5) is 14.1. The second-order valence-electron chi connectivity index (χ2n) is 2.28. The molecular formula is C5H5BF3N2O-. The van der Waals surface area contributed by atoms with Gasteiger partial charge in [0.15, 0.2) is 0 Å². The number of hydrogen-bond donors (Lipinski definition) is 0. The molecule has 0 bridgehead atoms. The Morgan fingerprint density at radius 1 is 1.50 bits per heavy atom. The van der Waals surface area contributed by atoms with Crippen molar-refractivity contribution in [3.8, 4) is 0 Å². The van der Waals surface area contributed by atoms with Gasteiger partial charge in [0.25, 0.3) is 5.56 Å². The van der Waals surface area contributed by atoms with Gasteiger partial charge >= 0.3 is 6.98 Å². The largest absolute Gasteiger partial charge is 0.497 e. The lowest BCUT2D eigenvalue weighted by molar-refractivity contribution is 0.442. The van der Waals surface area contributed by atoms with Crippen LogP contribution in [0.4, 0.5) is 12.9 Å². The first-order valence-corrected chi connectivity index (χ1v) is 3.20. The third-order valence-electron chi connectivity index (χ3n) is 1.20. The van der Waals surface area contributed by atoms with Crippen LogP contribution in [0.3, 0.4) is 0 Å². The second kappa shape index (κ2) is 3.00. The Morgan fingerprint density at radius 2 is 2.17 bits per heavy atom. The van der Waals surface area contributed by atoms with Gasteiger partial charge in [-0.3, -0.25) is 9.78 Å². The first kappa shape index (κ1) is 8.83. The van der Waals surface area contributed by atoms with Crippen LogP contribution in [0.1, 0.15) is 0 Å². The first-order valence-electron chi connectivity index (χ1n) is 3.20. The van der Waals surface area contributed by atoms with E-state index in [2.05, 4.69) is 4.98 Å². The lowest BCUT2D eigenvalue weighted by Gasteiger charge is -2.14. The number of nitrogens with zero attached hydrogens (tertiary/aromatic N) is 2. The molecule has 3 nitrogen and oxygen atoms in total. The average molecular weight is 177 g/mol. The summed E-state index contributed by atoms with van der Waals surface area (Å²) < 4.78 is 36.0. The molecule has 1 rings (SSSR count). The molecule has 0 aliphatic rings. The second-order valence-corrected chi connectivity index (χ2v) is 2.28. The molecule has 0 saturated heterocycles. The fraction of sp³-hybridized carbons (Fsp3) is 0.200. The molecular weight excluding hydrogens is 172 g/mol. The zero-order valence-corrected chi connectivity index (χ0v) is 5.95. The van der Waals surface area contributed by atoms with E-state index in [0.717, 1.165) is 18.6 Å². The van der Waals surface area contributed by atoms with Gasteiger partial charge in [0.2, 0.25) is 0 Å². The van der Waals surface area contributed by atoms with Gasteiger partial charge in [0, 0.05) is 12.4 Å². The molecule has 66 valence electrons. The zero-order valence-electron chi connectivity index (χ0n) is 5.95. The summed E-state index contributed by atoms with van der Waals surface area (Å²) in [5, 5.41) is 0. The van der Waals surface area contributed by atoms with Crippen LogP contribution in [-0.4, -0.2) is 16.5 Å². The predicted octanol–water partition coefficient (Wildman–Crippen LogP) is 0.630. The quantitative estimate of drug-likeness (QED) is 0.620.